The number of benzene rings is 1. The predicted octanol–water partition coefficient (Wildman–Crippen LogP) is -0.0251. The Kier molecular flexibility index (Phi) is 4.21. The number of anilines is 1. The van der Waals surface area contributed by atoms with Gasteiger partial charge in [-0.15, -0.1) is 0 Å². The summed E-state index contributed by atoms with van der Waals surface area (Å²) in [6.07, 6.45) is -2.88. The lowest BCUT2D eigenvalue weighted by molar-refractivity contribution is -0.144. The number of rotatable bonds is 4. The van der Waals surface area contributed by atoms with Gasteiger partial charge in [-0.25, -0.2) is 0 Å². The molecule has 0 saturated carbocycles. The monoisotopic (exact) mass is 281 g/mol. The normalized spacial score (nSPS) is 16.4. The third-order valence-electron chi connectivity index (χ3n) is 2.95. The van der Waals surface area contributed by atoms with E-state index in [0.29, 0.717) is 17.0 Å². The number of ether oxygens (including phenoxy) is 2. The SMILES string of the molecule is COC(=O)CC(O)C(O)c1ccc2c(c1)NC(=O)CO2. The number of hydrogen-bond acceptors (Lipinski definition) is 6. The Hall–Kier alpha value is -2.12. The zero-order chi connectivity index (χ0) is 14.7. The summed E-state index contributed by atoms with van der Waals surface area (Å²) in [6.45, 7) is -0.0557. The lowest BCUT2D eigenvalue weighted by Crippen LogP contribution is -2.26. The topological polar surface area (TPSA) is 105 Å². The molecule has 0 bridgehead atoms. The van der Waals surface area contributed by atoms with Crippen molar-refractivity contribution in [2.45, 2.75) is 18.6 Å². The number of aliphatic hydroxyl groups is 2. The maximum Gasteiger partial charge on any atom is 0.308 e. The smallest absolute Gasteiger partial charge is 0.308 e. The van der Waals surface area contributed by atoms with Crippen LogP contribution in [0.25, 0.3) is 0 Å². The van der Waals surface area contributed by atoms with Crippen molar-refractivity contribution in [3.63, 3.8) is 0 Å². The van der Waals surface area contributed by atoms with Crippen LogP contribution in [0.15, 0.2) is 18.2 Å². The second kappa shape index (κ2) is 5.89. The van der Waals surface area contributed by atoms with E-state index in [9.17, 15) is 19.8 Å². The van der Waals surface area contributed by atoms with Crippen LogP contribution in [0.4, 0.5) is 5.69 Å². The average molecular weight is 281 g/mol. The van der Waals surface area contributed by atoms with Crippen molar-refractivity contribution in [3.05, 3.63) is 23.8 Å². The Morgan fingerprint density at radius 3 is 2.95 bits per heavy atom. The molecule has 20 heavy (non-hydrogen) atoms. The molecule has 0 saturated heterocycles. The molecule has 1 amide bonds. The van der Waals surface area contributed by atoms with Crippen LogP contribution in [0.1, 0.15) is 18.1 Å². The highest BCUT2D eigenvalue weighted by molar-refractivity contribution is 5.95. The highest BCUT2D eigenvalue weighted by atomic mass is 16.5. The maximum atomic E-state index is 11.2. The number of nitrogens with one attached hydrogen (secondary N) is 1. The van der Waals surface area contributed by atoms with Crippen molar-refractivity contribution in [2.24, 2.45) is 0 Å². The molecule has 1 aromatic carbocycles. The van der Waals surface area contributed by atoms with E-state index in [1.807, 2.05) is 0 Å². The van der Waals surface area contributed by atoms with Gasteiger partial charge in [0.1, 0.15) is 11.9 Å². The molecule has 2 rings (SSSR count). The Morgan fingerprint density at radius 2 is 2.25 bits per heavy atom. The molecule has 2 atom stereocenters. The molecule has 0 fully saturated rings. The molecule has 7 nitrogen and oxygen atoms in total. The molecular formula is C13H15NO6. The zero-order valence-corrected chi connectivity index (χ0v) is 10.8. The van der Waals surface area contributed by atoms with Gasteiger partial charge >= 0.3 is 5.97 Å². The van der Waals surface area contributed by atoms with Gasteiger partial charge in [0, 0.05) is 0 Å². The van der Waals surface area contributed by atoms with Crippen LogP contribution in [0, 0.1) is 0 Å². The van der Waals surface area contributed by atoms with Crippen LogP contribution in [0.5, 0.6) is 5.75 Å². The van der Waals surface area contributed by atoms with Crippen molar-refractivity contribution in [1.29, 1.82) is 0 Å². The zero-order valence-electron chi connectivity index (χ0n) is 10.8. The molecular weight excluding hydrogens is 266 g/mol. The largest absolute Gasteiger partial charge is 0.482 e. The second-order valence-corrected chi connectivity index (χ2v) is 4.38. The number of amides is 1. The van der Waals surface area contributed by atoms with Crippen molar-refractivity contribution < 1.29 is 29.3 Å². The van der Waals surface area contributed by atoms with Crippen molar-refractivity contribution >= 4 is 17.6 Å². The number of carbonyl (C=O) groups is 2. The Labute approximate surface area is 115 Å². The fourth-order valence-corrected chi connectivity index (χ4v) is 1.87. The Morgan fingerprint density at radius 1 is 1.50 bits per heavy atom. The van der Waals surface area contributed by atoms with Gasteiger partial charge in [0.25, 0.3) is 5.91 Å². The van der Waals surface area contributed by atoms with Gasteiger partial charge in [0.15, 0.2) is 6.61 Å². The minimum absolute atomic E-state index is 0.0557. The molecule has 0 spiro atoms. The second-order valence-electron chi connectivity index (χ2n) is 4.38. The molecule has 0 aliphatic carbocycles. The van der Waals surface area contributed by atoms with E-state index >= 15 is 0 Å². The fraction of sp³-hybridized carbons (Fsp3) is 0.385. The average Bonchev–Trinajstić information content (AvgIpc) is 2.45. The highest BCUT2D eigenvalue weighted by Gasteiger charge is 2.24. The molecule has 1 aromatic rings. The van der Waals surface area contributed by atoms with Crippen LogP contribution in [0.3, 0.4) is 0 Å². The molecule has 1 heterocycles. The van der Waals surface area contributed by atoms with Gasteiger partial charge in [-0.05, 0) is 17.7 Å². The molecule has 1 aliphatic heterocycles. The lowest BCUT2D eigenvalue weighted by Gasteiger charge is -2.21. The summed E-state index contributed by atoms with van der Waals surface area (Å²) in [5, 5.41) is 22.3. The van der Waals surface area contributed by atoms with E-state index in [2.05, 4.69) is 10.1 Å². The number of esters is 1. The number of methoxy groups -OCH3 is 1. The van der Waals surface area contributed by atoms with Gasteiger partial charge in [-0.3, -0.25) is 9.59 Å². The van der Waals surface area contributed by atoms with Crippen LogP contribution in [-0.2, 0) is 14.3 Å². The minimum atomic E-state index is -1.29. The Balaban J connectivity index is 2.14. The van der Waals surface area contributed by atoms with Gasteiger partial charge < -0.3 is 25.0 Å². The lowest BCUT2D eigenvalue weighted by atomic mass is 10.0. The Bertz CT molecular complexity index is 530. The first-order chi connectivity index (χ1) is 9.51. The van der Waals surface area contributed by atoms with Gasteiger partial charge in [0.05, 0.1) is 25.3 Å². The standard InChI is InChI=1S/C13H15NO6/c1-19-12(17)5-9(15)13(18)7-2-3-10-8(4-7)14-11(16)6-20-10/h2-4,9,13,15,18H,5-6H2,1H3,(H,14,16). The first kappa shape index (κ1) is 14.3. The maximum absolute atomic E-state index is 11.2. The first-order valence-electron chi connectivity index (χ1n) is 6.01. The van der Waals surface area contributed by atoms with E-state index in [1.165, 1.54) is 13.2 Å². The summed E-state index contributed by atoms with van der Waals surface area (Å²) in [4.78, 5) is 22.3. The molecule has 0 aromatic heterocycles. The minimum Gasteiger partial charge on any atom is -0.482 e. The summed E-state index contributed by atoms with van der Waals surface area (Å²) in [5.41, 5.74) is 0.786. The number of fused-ring (bicyclic) bond motifs is 1. The molecule has 2 unspecified atom stereocenters. The van der Waals surface area contributed by atoms with Crippen LogP contribution < -0.4 is 10.1 Å². The number of aliphatic hydroxyl groups excluding tert-OH is 2. The van der Waals surface area contributed by atoms with Crippen LogP contribution >= 0.6 is 0 Å². The summed E-state index contributed by atoms with van der Waals surface area (Å²) >= 11 is 0. The van der Waals surface area contributed by atoms with E-state index in [4.69, 9.17) is 4.74 Å². The highest BCUT2D eigenvalue weighted by Crippen LogP contribution is 2.31. The van der Waals surface area contributed by atoms with Crippen molar-refractivity contribution in [2.75, 3.05) is 19.0 Å². The van der Waals surface area contributed by atoms with Crippen molar-refractivity contribution in [3.8, 4) is 5.75 Å². The van der Waals surface area contributed by atoms with E-state index in [-0.39, 0.29) is 18.9 Å². The van der Waals surface area contributed by atoms with Crippen LogP contribution in [0.2, 0.25) is 0 Å². The van der Waals surface area contributed by atoms with Gasteiger partial charge in [-0.1, -0.05) is 6.07 Å². The first-order valence-corrected chi connectivity index (χ1v) is 6.01. The van der Waals surface area contributed by atoms with Crippen LogP contribution in [-0.4, -0.2) is 41.9 Å². The summed E-state index contributed by atoms with van der Waals surface area (Å²) in [6, 6.07) is 4.64. The van der Waals surface area contributed by atoms with E-state index in [1.54, 1.807) is 12.1 Å². The molecule has 0 radical (unpaired) electrons. The van der Waals surface area contributed by atoms with Gasteiger partial charge in [-0.2, -0.15) is 0 Å². The summed E-state index contributed by atoms with van der Waals surface area (Å²) < 4.78 is 9.61. The third-order valence-corrected chi connectivity index (χ3v) is 2.95. The molecule has 108 valence electrons. The number of carbonyl (C=O) groups excluding carboxylic acids is 2. The molecule has 7 heteroatoms. The quantitative estimate of drug-likeness (QED) is 0.670. The van der Waals surface area contributed by atoms with Gasteiger partial charge in [0.2, 0.25) is 0 Å². The van der Waals surface area contributed by atoms with E-state index < -0.39 is 18.2 Å². The fourth-order valence-electron chi connectivity index (χ4n) is 1.87. The third kappa shape index (κ3) is 3.06. The summed E-state index contributed by atoms with van der Waals surface area (Å²) in [7, 11) is 1.20. The summed E-state index contributed by atoms with van der Waals surface area (Å²) in [5.74, 6) is -0.423. The van der Waals surface area contributed by atoms with Crippen molar-refractivity contribution in [1.82, 2.24) is 0 Å². The molecule has 3 N–H and O–H groups in total. The molecule has 1 aliphatic rings. The predicted molar refractivity (Wildman–Crippen MR) is 68.2 cm³/mol. The van der Waals surface area contributed by atoms with E-state index in [0.717, 1.165) is 0 Å². The number of hydrogen-bond donors (Lipinski definition) is 3.